The maximum Gasteiger partial charge on any atom is 0.0750 e. The number of hydrogen-bond acceptors (Lipinski definition) is 2. The van der Waals surface area contributed by atoms with E-state index in [2.05, 4.69) is 39.9 Å². The first kappa shape index (κ1) is 14.9. The van der Waals surface area contributed by atoms with Gasteiger partial charge in [-0.05, 0) is 46.5 Å². The van der Waals surface area contributed by atoms with E-state index >= 15 is 0 Å². The summed E-state index contributed by atoms with van der Waals surface area (Å²) in [4.78, 5) is 0. The summed E-state index contributed by atoms with van der Waals surface area (Å²) in [6.45, 7) is 14.8. The predicted molar refractivity (Wildman–Crippen MR) is 67.2 cm³/mol. The standard InChI is InChI=1S/C13H29NO/c1-7-15-13(5,6)10-14-12(4)9-8-11(2)3/h11-12,14H,7-10H2,1-6H3. The zero-order valence-corrected chi connectivity index (χ0v) is 11.4. The first-order chi connectivity index (χ1) is 6.87. The molecule has 0 heterocycles. The van der Waals surface area contributed by atoms with Gasteiger partial charge in [-0.2, -0.15) is 0 Å². The van der Waals surface area contributed by atoms with Crippen molar-refractivity contribution in [2.75, 3.05) is 13.2 Å². The van der Waals surface area contributed by atoms with E-state index in [-0.39, 0.29) is 5.60 Å². The Morgan fingerprint density at radius 1 is 1.13 bits per heavy atom. The second-order valence-corrected chi connectivity index (χ2v) is 5.45. The van der Waals surface area contributed by atoms with Crippen LogP contribution < -0.4 is 5.32 Å². The van der Waals surface area contributed by atoms with E-state index in [0.29, 0.717) is 6.04 Å². The van der Waals surface area contributed by atoms with Crippen LogP contribution in [0.5, 0.6) is 0 Å². The van der Waals surface area contributed by atoms with Crippen molar-refractivity contribution in [2.24, 2.45) is 5.92 Å². The molecule has 0 aromatic rings. The smallest absolute Gasteiger partial charge is 0.0750 e. The molecule has 0 aromatic carbocycles. The molecule has 0 rings (SSSR count). The van der Waals surface area contributed by atoms with E-state index < -0.39 is 0 Å². The number of rotatable bonds is 8. The maximum atomic E-state index is 5.64. The van der Waals surface area contributed by atoms with Crippen LogP contribution in [0.2, 0.25) is 0 Å². The van der Waals surface area contributed by atoms with Crippen LogP contribution in [0.4, 0.5) is 0 Å². The molecule has 0 aliphatic carbocycles. The molecule has 0 saturated heterocycles. The van der Waals surface area contributed by atoms with Gasteiger partial charge >= 0.3 is 0 Å². The summed E-state index contributed by atoms with van der Waals surface area (Å²) in [6, 6.07) is 0.590. The van der Waals surface area contributed by atoms with Gasteiger partial charge < -0.3 is 10.1 Å². The van der Waals surface area contributed by atoms with Crippen molar-refractivity contribution in [2.45, 2.75) is 66.0 Å². The summed E-state index contributed by atoms with van der Waals surface area (Å²) in [6.07, 6.45) is 2.54. The van der Waals surface area contributed by atoms with Gasteiger partial charge in [0.05, 0.1) is 5.60 Å². The fraction of sp³-hybridized carbons (Fsp3) is 1.00. The third kappa shape index (κ3) is 8.88. The minimum absolute atomic E-state index is 0.0408. The zero-order valence-electron chi connectivity index (χ0n) is 11.4. The fourth-order valence-electron chi connectivity index (χ4n) is 1.55. The summed E-state index contributed by atoms with van der Waals surface area (Å²) < 4.78 is 5.64. The van der Waals surface area contributed by atoms with E-state index in [0.717, 1.165) is 19.1 Å². The van der Waals surface area contributed by atoms with Crippen molar-refractivity contribution in [1.82, 2.24) is 5.32 Å². The van der Waals surface area contributed by atoms with Gasteiger partial charge in [-0.25, -0.2) is 0 Å². The van der Waals surface area contributed by atoms with Crippen LogP contribution in [0.15, 0.2) is 0 Å². The molecule has 0 radical (unpaired) electrons. The van der Waals surface area contributed by atoms with Crippen LogP contribution >= 0.6 is 0 Å². The molecule has 0 saturated carbocycles. The van der Waals surface area contributed by atoms with Gasteiger partial charge in [-0.15, -0.1) is 0 Å². The lowest BCUT2D eigenvalue weighted by atomic mass is 10.0. The fourth-order valence-corrected chi connectivity index (χ4v) is 1.55. The second-order valence-electron chi connectivity index (χ2n) is 5.45. The molecule has 2 nitrogen and oxygen atoms in total. The topological polar surface area (TPSA) is 21.3 Å². The molecule has 0 aliphatic heterocycles. The van der Waals surface area contributed by atoms with Gasteiger partial charge in [0.25, 0.3) is 0 Å². The maximum absolute atomic E-state index is 5.64. The van der Waals surface area contributed by atoms with Gasteiger partial charge in [-0.1, -0.05) is 13.8 Å². The highest BCUT2D eigenvalue weighted by Gasteiger charge is 2.18. The van der Waals surface area contributed by atoms with Crippen molar-refractivity contribution in [1.29, 1.82) is 0 Å². The van der Waals surface area contributed by atoms with E-state index in [1.807, 2.05) is 6.92 Å². The third-order valence-electron chi connectivity index (χ3n) is 2.59. The number of nitrogens with one attached hydrogen (secondary N) is 1. The molecule has 0 aliphatic rings. The van der Waals surface area contributed by atoms with Gasteiger partial charge in [-0.3, -0.25) is 0 Å². The average Bonchev–Trinajstić information content (AvgIpc) is 2.11. The van der Waals surface area contributed by atoms with Gasteiger partial charge in [0.15, 0.2) is 0 Å². The molecule has 2 heteroatoms. The molecule has 92 valence electrons. The summed E-state index contributed by atoms with van der Waals surface area (Å²) in [5.41, 5.74) is -0.0408. The van der Waals surface area contributed by atoms with Crippen molar-refractivity contribution in [3.05, 3.63) is 0 Å². The Bertz CT molecular complexity index is 155. The predicted octanol–water partition coefficient (Wildman–Crippen LogP) is 3.22. The van der Waals surface area contributed by atoms with E-state index in [1.54, 1.807) is 0 Å². The van der Waals surface area contributed by atoms with Crippen LogP contribution in [0.1, 0.15) is 54.4 Å². The Kier molecular flexibility index (Phi) is 7.20. The first-order valence-electron chi connectivity index (χ1n) is 6.24. The largest absolute Gasteiger partial charge is 0.375 e. The molecule has 0 amide bonds. The molecule has 0 bridgehead atoms. The third-order valence-corrected chi connectivity index (χ3v) is 2.59. The van der Waals surface area contributed by atoms with Crippen LogP contribution in [-0.4, -0.2) is 24.8 Å². The summed E-state index contributed by atoms with van der Waals surface area (Å²) in [5, 5.41) is 3.54. The number of ether oxygens (including phenoxy) is 1. The highest BCUT2D eigenvalue weighted by molar-refractivity contribution is 4.74. The van der Waals surface area contributed by atoms with Crippen molar-refractivity contribution in [3.63, 3.8) is 0 Å². The first-order valence-corrected chi connectivity index (χ1v) is 6.24. The molecule has 0 aromatic heterocycles. The lowest BCUT2D eigenvalue weighted by Gasteiger charge is -2.27. The van der Waals surface area contributed by atoms with Gasteiger partial charge in [0.1, 0.15) is 0 Å². The lowest BCUT2D eigenvalue weighted by Crippen LogP contribution is -2.41. The Hall–Kier alpha value is -0.0800. The summed E-state index contributed by atoms with van der Waals surface area (Å²) >= 11 is 0. The average molecular weight is 215 g/mol. The van der Waals surface area contributed by atoms with Crippen LogP contribution in [0.3, 0.4) is 0 Å². The molecular formula is C13H29NO. The van der Waals surface area contributed by atoms with Crippen LogP contribution in [-0.2, 0) is 4.74 Å². The minimum Gasteiger partial charge on any atom is -0.375 e. The van der Waals surface area contributed by atoms with Crippen molar-refractivity contribution >= 4 is 0 Å². The Labute approximate surface area is 95.8 Å². The molecule has 0 spiro atoms. The molecule has 1 atom stereocenters. The molecule has 1 unspecified atom stereocenters. The summed E-state index contributed by atoms with van der Waals surface area (Å²) in [7, 11) is 0. The Balaban J connectivity index is 3.65. The quantitative estimate of drug-likeness (QED) is 0.671. The van der Waals surface area contributed by atoms with Crippen LogP contribution in [0.25, 0.3) is 0 Å². The molecular weight excluding hydrogens is 186 g/mol. The molecule has 15 heavy (non-hydrogen) atoms. The minimum atomic E-state index is -0.0408. The molecule has 1 N–H and O–H groups in total. The van der Waals surface area contributed by atoms with E-state index in [1.165, 1.54) is 12.8 Å². The Morgan fingerprint density at radius 2 is 1.73 bits per heavy atom. The Morgan fingerprint density at radius 3 is 2.20 bits per heavy atom. The monoisotopic (exact) mass is 215 g/mol. The van der Waals surface area contributed by atoms with Crippen molar-refractivity contribution in [3.8, 4) is 0 Å². The van der Waals surface area contributed by atoms with Gasteiger partial charge in [0, 0.05) is 19.2 Å². The normalized spacial score (nSPS) is 14.6. The van der Waals surface area contributed by atoms with E-state index in [4.69, 9.17) is 4.74 Å². The lowest BCUT2D eigenvalue weighted by molar-refractivity contribution is -0.0105. The van der Waals surface area contributed by atoms with Crippen molar-refractivity contribution < 1.29 is 4.74 Å². The zero-order chi connectivity index (χ0) is 11.9. The number of hydrogen-bond donors (Lipinski definition) is 1. The molecule has 0 fully saturated rings. The SMILES string of the molecule is CCOC(C)(C)CNC(C)CCC(C)C. The van der Waals surface area contributed by atoms with Gasteiger partial charge in [0.2, 0.25) is 0 Å². The highest BCUT2D eigenvalue weighted by atomic mass is 16.5. The van der Waals surface area contributed by atoms with Crippen LogP contribution in [0, 0.1) is 5.92 Å². The van der Waals surface area contributed by atoms with E-state index in [9.17, 15) is 0 Å². The second kappa shape index (κ2) is 7.24. The summed E-state index contributed by atoms with van der Waals surface area (Å²) in [5.74, 6) is 0.800. The highest BCUT2D eigenvalue weighted by Crippen LogP contribution is 2.10.